The lowest BCUT2D eigenvalue weighted by atomic mass is 10.1. The standard InChI is InChI=1S/C12H18ClNO/c1-12(2,3)14-7-10-9(8-15)5-4-6-11(10)13/h4-6,14-15H,7-8H2,1-3H3. The second-order valence-corrected chi connectivity index (χ2v) is 5.05. The Hall–Kier alpha value is -0.570. The van der Waals surface area contributed by atoms with Gasteiger partial charge in [-0.05, 0) is 38.0 Å². The van der Waals surface area contributed by atoms with Crippen molar-refractivity contribution in [2.75, 3.05) is 0 Å². The third kappa shape index (κ3) is 3.82. The highest BCUT2D eigenvalue weighted by Crippen LogP contribution is 2.20. The van der Waals surface area contributed by atoms with Crippen LogP contribution < -0.4 is 5.32 Å². The predicted octanol–water partition coefficient (Wildman–Crippen LogP) is 2.72. The minimum atomic E-state index is 0.0295. The zero-order chi connectivity index (χ0) is 11.5. The quantitative estimate of drug-likeness (QED) is 0.832. The van der Waals surface area contributed by atoms with Crippen LogP contribution in [0, 0.1) is 0 Å². The topological polar surface area (TPSA) is 32.3 Å². The number of aliphatic hydroxyl groups is 1. The van der Waals surface area contributed by atoms with E-state index in [9.17, 15) is 5.11 Å². The summed E-state index contributed by atoms with van der Waals surface area (Å²) in [5.74, 6) is 0. The van der Waals surface area contributed by atoms with E-state index in [2.05, 4.69) is 26.1 Å². The molecule has 0 bridgehead atoms. The highest BCUT2D eigenvalue weighted by atomic mass is 35.5. The Morgan fingerprint density at radius 2 is 2.00 bits per heavy atom. The average Bonchev–Trinajstić information content (AvgIpc) is 2.14. The molecule has 0 aromatic heterocycles. The van der Waals surface area contributed by atoms with Gasteiger partial charge in [-0.25, -0.2) is 0 Å². The number of rotatable bonds is 3. The molecule has 84 valence electrons. The molecular formula is C12H18ClNO. The summed E-state index contributed by atoms with van der Waals surface area (Å²) in [6, 6.07) is 5.60. The molecule has 15 heavy (non-hydrogen) atoms. The van der Waals surface area contributed by atoms with Crippen molar-refractivity contribution < 1.29 is 5.11 Å². The molecular weight excluding hydrogens is 210 g/mol. The number of hydrogen-bond acceptors (Lipinski definition) is 2. The van der Waals surface area contributed by atoms with Crippen LogP contribution >= 0.6 is 11.6 Å². The average molecular weight is 228 g/mol. The monoisotopic (exact) mass is 227 g/mol. The molecule has 0 aliphatic heterocycles. The summed E-state index contributed by atoms with van der Waals surface area (Å²) < 4.78 is 0. The van der Waals surface area contributed by atoms with Crippen LogP contribution in [0.2, 0.25) is 5.02 Å². The molecule has 1 aromatic rings. The molecule has 0 saturated heterocycles. The van der Waals surface area contributed by atoms with Crippen LogP contribution in [0.4, 0.5) is 0 Å². The van der Waals surface area contributed by atoms with E-state index in [1.807, 2.05) is 18.2 Å². The van der Waals surface area contributed by atoms with Crippen LogP contribution in [0.5, 0.6) is 0 Å². The van der Waals surface area contributed by atoms with Crippen molar-refractivity contribution in [3.8, 4) is 0 Å². The fourth-order valence-electron chi connectivity index (χ4n) is 1.30. The van der Waals surface area contributed by atoms with Crippen LogP contribution in [0.3, 0.4) is 0 Å². The lowest BCUT2D eigenvalue weighted by Crippen LogP contribution is -2.35. The van der Waals surface area contributed by atoms with Crippen LogP contribution in [-0.2, 0) is 13.2 Å². The Bertz CT molecular complexity index is 331. The summed E-state index contributed by atoms with van der Waals surface area (Å²) in [7, 11) is 0. The van der Waals surface area contributed by atoms with Crippen molar-refractivity contribution in [3.05, 3.63) is 34.3 Å². The number of hydrogen-bond donors (Lipinski definition) is 2. The number of aliphatic hydroxyl groups excluding tert-OH is 1. The van der Waals surface area contributed by atoms with Gasteiger partial charge in [0.1, 0.15) is 0 Å². The number of benzene rings is 1. The highest BCUT2D eigenvalue weighted by molar-refractivity contribution is 6.31. The molecule has 0 aliphatic carbocycles. The maximum Gasteiger partial charge on any atom is 0.0685 e. The van der Waals surface area contributed by atoms with Gasteiger partial charge in [-0.2, -0.15) is 0 Å². The molecule has 0 aliphatic rings. The lowest BCUT2D eigenvalue weighted by Gasteiger charge is -2.22. The van der Waals surface area contributed by atoms with Crippen molar-refractivity contribution in [2.24, 2.45) is 0 Å². The van der Waals surface area contributed by atoms with Gasteiger partial charge in [0.05, 0.1) is 6.61 Å². The first-order valence-electron chi connectivity index (χ1n) is 5.06. The van der Waals surface area contributed by atoms with Gasteiger partial charge in [-0.1, -0.05) is 23.7 Å². The van der Waals surface area contributed by atoms with Crippen molar-refractivity contribution in [1.82, 2.24) is 5.32 Å². The van der Waals surface area contributed by atoms with Crippen LogP contribution in [-0.4, -0.2) is 10.6 Å². The van der Waals surface area contributed by atoms with Crippen molar-refractivity contribution in [1.29, 1.82) is 0 Å². The summed E-state index contributed by atoms with van der Waals surface area (Å²) in [4.78, 5) is 0. The Morgan fingerprint density at radius 3 is 2.53 bits per heavy atom. The van der Waals surface area contributed by atoms with E-state index in [0.717, 1.165) is 11.1 Å². The number of nitrogens with one attached hydrogen (secondary N) is 1. The molecule has 3 heteroatoms. The van der Waals surface area contributed by atoms with E-state index in [1.165, 1.54) is 0 Å². The van der Waals surface area contributed by atoms with Gasteiger partial charge >= 0.3 is 0 Å². The summed E-state index contributed by atoms with van der Waals surface area (Å²) in [6.45, 7) is 7.01. The minimum Gasteiger partial charge on any atom is -0.392 e. The number of halogens is 1. The molecule has 0 heterocycles. The van der Waals surface area contributed by atoms with E-state index >= 15 is 0 Å². The molecule has 0 saturated carbocycles. The molecule has 0 atom stereocenters. The first-order chi connectivity index (χ1) is 6.94. The van der Waals surface area contributed by atoms with Crippen molar-refractivity contribution in [2.45, 2.75) is 39.5 Å². The van der Waals surface area contributed by atoms with E-state index in [4.69, 9.17) is 11.6 Å². The van der Waals surface area contributed by atoms with Crippen molar-refractivity contribution >= 4 is 11.6 Å². The molecule has 0 amide bonds. The van der Waals surface area contributed by atoms with Gasteiger partial charge in [-0.3, -0.25) is 0 Å². The SMILES string of the molecule is CC(C)(C)NCc1c(Cl)cccc1CO. The second-order valence-electron chi connectivity index (χ2n) is 4.64. The second kappa shape index (κ2) is 4.97. The Labute approximate surface area is 96.3 Å². The maximum absolute atomic E-state index is 9.19. The summed E-state index contributed by atoms with van der Waals surface area (Å²) in [5.41, 5.74) is 1.92. The van der Waals surface area contributed by atoms with Crippen molar-refractivity contribution in [3.63, 3.8) is 0 Å². The minimum absolute atomic E-state index is 0.0295. The third-order valence-electron chi connectivity index (χ3n) is 2.18. The molecule has 1 rings (SSSR count). The molecule has 2 nitrogen and oxygen atoms in total. The van der Waals surface area contributed by atoms with Gasteiger partial charge in [0.25, 0.3) is 0 Å². The van der Waals surface area contributed by atoms with E-state index in [1.54, 1.807) is 0 Å². The Kier molecular flexibility index (Phi) is 4.14. The smallest absolute Gasteiger partial charge is 0.0685 e. The normalized spacial score (nSPS) is 11.8. The maximum atomic E-state index is 9.19. The Morgan fingerprint density at radius 1 is 1.33 bits per heavy atom. The first kappa shape index (κ1) is 12.5. The van der Waals surface area contributed by atoms with Gasteiger partial charge in [0.2, 0.25) is 0 Å². The van der Waals surface area contributed by atoms with Gasteiger partial charge < -0.3 is 10.4 Å². The fourth-order valence-corrected chi connectivity index (χ4v) is 1.56. The lowest BCUT2D eigenvalue weighted by molar-refractivity contribution is 0.279. The molecule has 0 radical (unpaired) electrons. The van der Waals surface area contributed by atoms with Gasteiger partial charge in [0, 0.05) is 17.1 Å². The van der Waals surface area contributed by atoms with Crippen LogP contribution in [0.25, 0.3) is 0 Å². The molecule has 0 spiro atoms. The summed E-state index contributed by atoms with van der Waals surface area (Å²) in [6.07, 6.45) is 0. The predicted molar refractivity (Wildman–Crippen MR) is 64.0 cm³/mol. The van der Waals surface area contributed by atoms with Crippen LogP contribution in [0.15, 0.2) is 18.2 Å². The zero-order valence-corrected chi connectivity index (χ0v) is 10.2. The summed E-state index contributed by atoms with van der Waals surface area (Å²) >= 11 is 6.09. The van der Waals surface area contributed by atoms with E-state index in [-0.39, 0.29) is 12.1 Å². The van der Waals surface area contributed by atoms with Gasteiger partial charge in [-0.15, -0.1) is 0 Å². The zero-order valence-electron chi connectivity index (χ0n) is 9.47. The highest BCUT2D eigenvalue weighted by Gasteiger charge is 2.12. The third-order valence-corrected chi connectivity index (χ3v) is 2.54. The molecule has 1 aromatic carbocycles. The van der Waals surface area contributed by atoms with E-state index in [0.29, 0.717) is 11.6 Å². The molecule has 0 fully saturated rings. The van der Waals surface area contributed by atoms with E-state index < -0.39 is 0 Å². The van der Waals surface area contributed by atoms with Crippen LogP contribution in [0.1, 0.15) is 31.9 Å². The molecule has 2 N–H and O–H groups in total. The van der Waals surface area contributed by atoms with Gasteiger partial charge in [0.15, 0.2) is 0 Å². The molecule has 0 unspecified atom stereocenters. The fraction of sp³-hybridized carbons (Fsp3) is 0.500. The first-order valence-corrected chi connectivity index (χ1v) is 5.44. The largest absolute Gasteiger partial charge is 0.392 e. The summed E-state index contributed by atoms with van der Waals surface area (Å²) in [5, 5.41) is 13.3. The Balaban J connectivity index is 2.83.